The van der Waals surface area contributed by atoms with Gasteiger partial charge in [-0.1, -0.05) is 12.1 Å². The molecule has 5 nitrogen and oxygen atoms in total. The van der Waals surface area contributed by atoms with Crippen LogP contribution in [0.1, 0.15) is 45.4 Å². The Morgan fingerprint density at radius 3 is 2.29 bits per heavy atom. The van der Waals surface area contributed by atoms with Crippen LogP contribution in [0, 0.1) is 10.8 Å². The van der Waals surface area contributed by atoms with Crippen LogP contribution in [-0.4, -0.2) is 30.7 Å². The zero-order valence-electron chi connectivity index (χ0n) is 10.8. The Morgan fingerprint density at radius 2 is 1.94 bits per heavy atom. The number of aliphatic hydroxyl groups is 1. The maximum Gasteiger partial charge on any atom is 0.219 e. The summed E-state index contributed by atoms with van der Waals surface area (Å²) in [5.74, 6) is 0.573. The fourth-order valence-electron chi connectivity index (χ4n) is 1.78. The number of rotatable bonds is 4. The van der Waals surface area contributed by atoms with Gasteiger partial charge in [0.1, 0.15) is 0 Å². The van der Waals surface area contributed by atoms with E-state index in [1.54, 1.807) is 7.05 Å². The SMILES string of the molecule is CCCC(=O)NC.O=NCC1CCC(O)CC1. The molecule has 100 valence electrons. The van der Waals surface area contributed by atoms with Crippen molar-refractivity contribution in [3.8, 4) is 0 Å². The highest BCUT2D eigenvalue weighted by molar-refractivity contribution is 5.75. The Bertz CT molecular complexity index is 214. The Labute approximate surface area is 103 Å². The molecule has 0 atom stereocenters. The minimum atomic E-state index is -0.122. The van der Waals surface area contributed by atoms with Crippen LogP contribution in [0.3, 0.4) is 0 Å². The first-order valence-corrected chi connectivity index (χ1v) is 6.31. The molecule has 0 aromatic carbocycles. The lowest BCUT2D eigenvalue weighted by Gasteiger charge is -2.22. The summed E-state index contributed by atoms with van der Waals surface area (Å²) in [5.41, 5.74) is 0. The van der Waals surface area contributed by atoms with Crippen LogP contribution in [0.4, 0.5) is 0 Å². The average Bonchev–Trinajstić information content (AvgIpc) is 2.33. The lowest BCUT2D eigenvalue weighted by Crippen LogP contribution is -2.19. The average molecular weight is 244 g/mol. The van der Waals surface area contributed by atoms with Crippen molar-refractivity contribution in [2.75, 3.05) is 13.6 Å². The van der Waals surface area contributed by atoms with E-state index in [4.69, 9.17) is 5.11 Å². The molecule has 0 saturated heterocycles. The van der Waals surface area contributed by atoms with Gasteiger partial charge in [0.2, 0.25) is 5.91 Å². The summed E-state index contributed by atoms with van der Waals surface area (Å²) in [7, 11) is 1.65. The zero-order valence-corrected chi connectivity index (χ0v) is 10.8. The summed E-state index contributed by atoms with van der Waals surface area (Å²) < 4.78 is 0. The smallest absolute Gasteiger partial charge is 0.219 e. The molecule has 1 rings (SSSR count). The molecule has 1 saturated carbocycles. The highest BCUT2D eigenvalue weighted by Crippen LogP contribution is 2.23. The first-order valence-electron chi connectivity index (χ1n) is 6.31. The van der Waals surface area contributed by atoms with Crippen molar-refractivity contribution in [3.63, 3.8) is 0 Å². The van der Waals surface area contributed by atoms with Crippen molar-refractivity contribution in [2.45, 2.75) is 51.6 Å². The number of nitroso groups, excluding NO2 is 1. The number of hydrogen-bond acceptors (Lipinski definition) is 4. The van der Waals surface area contributed by atoms with Gasteiger partial charge in [0.05, 0.1) is 12.6 Å². The van der Waals surface area contributed by atoms with Crippen molar-refractivity contribution in [2.24, 2.45) is 11.1 Å². The van der Waals surface area contributed by atoms with Crippen LogP contribution in [0.25, 0.3) is 0 Å². The van der Waals surface area contributed by atoms with Crippen molar-refractivity contribution < 1.29 is 9.90 Å². The van der Waals surface area contributed by atoms with Crippen LogP contribution in [0.2, 0.25) is 0 Å². The normalized spacial score (nSPS) is 23.2. The molecule has 1 aliphatic rings. The zero-order chi connectivity index (χ0) is 13.1. The number of carbonyl (C=O) groups is 1. The topological polar surface area (TPSA) is 78.8 Å². The molecule has 0 aromatic rings. The Balaban J connectivity index is 0.000000325. The number of amides is 1. The van der Waals surface area contributed by atoms with Gasteiger partial charge >= 0.3 is 0 Å². The van der Waals surface area contributed by atoms with E-state index in [1.807, 2.05) is 6.92 Å². The molecule has 0 heterocycles. The molecule has 5 heteroatoms. The van der Waals surface area contributed by atoms with Crippen LogP contribution in [-0.2, 0) is 4.79 Å². The second-order valence-corrected chi connectivity index (χ2v) is 4.41. The van der Waals surface area contributed by atoms with Gasteiger partial charge in [-0.2, -0.15) is 4.91 Å². The summed E-state index contributed by atoms with van der Waals surface area (Å²) in [5, 5.41) is 14.5. The summed E-state index contributed by atoms with van der Waals surface area (Å²) in [6.07, 6.45) is 5.08. The van der Waals surface area contributed by atoms with E-state index < -0.39 is 0 Å². The second-order valence-electron chi connectivity index (χ2n) is 4.41. The molecule has 0 spiro atoms. The molecule has 0 aliphatic heterocycles. The van der Waals surface area contributed by atoms with E-state index in [0.717, 1.165) is 32.1 Å². The third kappa shape index (κ3) is 8.80. The predicted molar refractivity (Wildman–Crippen MR) is 67.6 cm³/mol. The standard InChI is InChI=1S/C7H13NO2.C5H11NO/c9-7-3-1-6(2-4-7)5-8-10;1-3-4-5(7)6-2/h6-7,9H,1-5H2;3-4H2,1-2H3,(H,6,7). The fraction of sp³-hybridized carbons (Fsp3) is 0.917. The summed E-state index contributed by atoms with van der Waals surface area (Å²) in [6, 6.07) is 0. The fourth-order valence-corrected chi connectivity index (χ4v) is 1.78. The minimum Gasteiger partial charge on any atom is -0.393 e. The van der Waals surface area contributed by atoms with Gasteiger partial charge in [-0.3, -0.25) is 4.79 Å². The van der Waals surface area contributed by atoms with Gasteiger partial charge in [0, 0.05) is 13.5 Å². The van der Waals surface area contributed by atoms with Crippen molar-refractivity contribution in [1.29, 1.82) is 0 Å². The van der Waals surface area contributed by atoms with Gasteiger partial charge in [0.15, 0.2) is 0 Å². The van der Waals surface area contributed by atoms with E-state index >= 15 is 0 Å². The molecule has 0 bridgehead atoms. The minimum absolute atomic E-state index is 0.122. The molecule has 2 N–H and O–H groups in total. The highest BCUT2D eigenvalue weighted by Gasteiger charge is 2.18. The first-order chi connectivity index (χ1) is 8.13. The third-order valence-corrected chi connectivity index (χ3v) is 2.90. The molecule has 17 heavy (non-hydrogen) atoms. The Kier molecular flexibility index (Phi) is 9.62. The van der Waals surface area contributed by atoms with Crippen LogP contribution >= 0.6 is 0 Å². The van der Waals surface area contributed by atoms with Gasteiger partial charge in [0.25, 0.3) is 0 Å². The predicted octanol–water partition coefficient (Wildman–Crippen LogP) is 1.84. The van der Waals surface area contributed by atoms with Gasteiger partial charge in [-0.25, -0.2) is 0 Å². The van der Waals surface area contributed by atoms with E-state index in [9.17, 15) is 9.70 Å². The van der Waals surface area contributed by atoms with Crippen LogP contribution < -0.4 is 5.32 Å². The lowest BCUT2D eigenvalue weighted by atomic mass is 9.88. The molecule has 1 aliphatic carbocycles. The number of hydrogen-bond donors (Lipinski definition) is 2. The second kappa shape index (κ2) is 10.2. The number of aliphatic hydroxyl groups excluding tert-OH is 1. The van der Waals surface area contributed by atoms with Gasteiger partial charge in [-0.15, -0.1) is 0 Å². The quantitative estimate of drug-likeness (QED) is 0.740. The Morgan fingerprint density at radius 1 is 1.35 bits per heavy atom. The van der Waals surface area contributed by atoms with Gasteiger partial charge in [-0.05, 0) is 38.0 Å². The van der Waals surface area contributed by atoms with Crippen molar-refractivity contribution >= 4 is 5.91 Å². The van der Waals surface area contributed by atoms with Crippen LogP contribution in [0.15, 0.2) is 5.18 Å². The molecular weight excluding hydrogens is 220 g/mol. The number of carbonyl (C=O) groups excluding carboxylic acids is 1. The monoisotopic (exact) mass is 244 g/mol. The van der Waals surface area contributed by atoms with E-state index in [2.05, 4.69) is 10.5 Å². The number of nitrogens with one attached hydrogen (secondary N) is 1. The summed E-state index contributed by atoms with van der Waals surface area (Å²) in [6.45, 7) is 2.42. The molecule has 0 unspecified atom stereocenters. The van der Waals surface area contributed by atoms with E-state index in [0.29, 0.717) is 18.9 Å². The molecular formula is C12H24N2O3. The van der Waals surface area contributed by atoms with E-state index in [1.165, 1.54) is 0 Å². The number of nitrogens with zero attached hydrogens (tertiary/aromatic N) is 1. The summed E-state index contributed by atoms with van der Waals surface area (Å²) in [4.78, 5) is 20.1. The molecule has 1 fully saturated rings. The highest BCUT2D eigenvalue weighted by atomic mass is 16.3. The lowest BCUT2D eigenvalue weighted by molar-refractivity contribution is -0.120. The first kappa shape index (κ1) is 16.0. The van der Waals surface area contributed by atoms with Gasteiger partial charge < -0.3 is 10.4 Å². The Hall–Kier alpha value is -0.970. The molecule has 1 amide bonds. The largest absolute Gasteiger partial charge is 0.393 e. The maximum absolute atomic E-state index is 10.3. The summed E-state index contributed by atoms with van der Waals surface area (Å²) >= 11 is 0. The third-order valence-electron chi connectivity index (χ3n) is 2.90. The molecule has 0 aromatic heterocycles. The maximum atomic E-state index is 10.3. The van der Waals surface area contributed by atoms with E-state index in [-0.39, 0.29) is 12.0 Å². The van der Waals surface area contributed by atoms with Crippen molar-refractivity contribution in [3.05, 3.63) is 4.91 Å². The van der Waals surface area contributed by atoms with Crippen LogP contribution in [0.5, 0.6) is 0 Å². The van der Waals surface area contributed by atoms with Crippen molar-refractivity contribution in [1.82, 2.24) is 5.32 Å². The molecule has 0 radical (unpaired) electrons.